The van der Waals surface area contributed by atoms with Gasteiger partial charge in [-0.3, -0.25) is 9.59 Å². The van der Waals surface area contributed by atoms with Gasteiger partial charge < -0.3 is 14.8 Å². The molecule has 0 aromatic heterocycles. The second kappa shape index (κ2) is 9.76. The zero-order chi connectivity index (χ0) is 19.8. The average molecular weight is 369 g/mol. The van der Waals surface area contributed by atoms with Gasteiger partial charge in [-0.05, 0) is 63.4 Å². The molecule has 0 aliphatic heterocycles. The zero-order valence-corrected chi connectivity index (χ0v) is 16.4. The summed E-state index contributed by atoms with van der Waals surface area (Å²) in [6.45, 7) is 7.90. The van der Waals surface area contributed by atoms with Crippen molar-refractivity contribution in [3.05, 3.63) is 59.2 Å². The summed E-state index contributed by atoms with van der Waals surface area (Å²) in [7, 11) is 0. The number of nitrogens with one attached hydrogen (secondary N) is 1. The predicted molar refractivity (Wildman–Crippen MR) is 106 cm³/mol. The van der Waals surface area contributed by atoms with E-state index >= 15 is 0 Å². The van der Waals surface area contributed by atoms with E-state index in [4.69, 9.17) is 9.47 Å². The summed E-state index contributed by atoms with van der Waals surface area (Å²) in [5.74, 6) is 0.0296. The molecule has 1 atom stereocenters. The highest BCUT2D eigenvalue weighted by Gasteiger charge is 2.18. The fraction of sp³-hybridized carbons (Fsp3) is 0.364. The largest absolute Gasteiger partial charge is 0.494 e. The van der Waals surface area contributed by atoms with E-state index in [1.165, 1.54) is 0 Å². The van der Waals surface area contributed by atoms with Gasteiger partial charge in [0, 0.05) is 12.1 Å². The van der Waals surface area contributed by atoms with Gasteiger partial charge in [0.1, 0.15) is 5.75 Å². The van der Waals surface area contributed by atoms with E-state index in [-0.39, 0.29) is 12.3 Å². The van der Waals surface area contributed by atoms with E-state index in [0.29, 0.717) is 13.0 Å². The number of anilines is 1. The average Bonchev–Trinajstić information content (AvgIpc) is 2.61. The van der Waals surface area contributed by atoms with Crippen molar-refractivity contribution in [3.63, 3.8) is 0 Å². The lowest BCUT2D eigenvalue weighted by Crippen LogP contribution is -2.30. The van der Waals surface area contributed by atoms with Crippen LogP contribution in [-0.2, 0) is 14.3 Å². The molecule has 144 valence electrons. The maximum Gasteiger partial charge on any atom is 0.306 e. The van der Waals surface area contributed by atoms with Gasteiger partial charge in [-0.15, -0.1) is 0 Å². The number of ether oxygens (including phenoxy) is 2. The van der Waals surface area contributed by atoms with Gasteiger partial charge in [0.25, 0.3) is 5.91 Å². The Labute approximate surface area is 160 Å². The van der Waals surface area contributed by atoms with E-state index in [0.717, 1.165) is 28.1 Å². The molecule has 1 amide bonds. The number of rotatable bonds is 8. The summed E-state index contributed by atoms with van der Waals surface area (Å²) in [5, 5.41) is 2.80. The van der Waals surface area contributed by atoms with Gasteiger partial charge in [-0.1, -0.05) is 29.8 Å². The number of hydrogen-bond acceptors (Lipinski definition) is 4. The Morgan fingerprint density at radius 2 is 1.78 bits per heavy atom. The third kappa shape index (κ3) is 6.77. The zero-order valence-electron chi connectivity index (χ0n) is 16.4. The van der Waals surface area contributed by atoms with E-state index in [2.05, 4.69) is 5.32 Å². The topological polar surface area (TPSA) is 64.6 Å². The molecule has 0 saturated heterocycles. The van der Waals surface area contributed by atoms with Crippen molar-refractivity contribution >= 4 is 17.6 Å². The third-order valence-electron chi connectivity index (χ3n) is 4.10. The highest BCUT2D eigenvalue weighted by molar-refractivity contribution is 5.95. The van der Waals surface area contributed by atoms with E-state index in [1.807, 2.05) is 63.2 Å². The summed E-state index contributed by atoms with van der Waals surface area (Å²) >= 11 is 0. The molecule has 0 aliphatic carbocycles. The van der Waals surface area contributed by atoms with Crippen LogP contribution in [0.15, 0.2) is 42.5 Å². The van der Waals surface area contributed by atoms with Crippen LogP contribution in [0.2, 0.25) is 0 Å². The molecular weight excluding hydrogens is 342 g/mol. The third-order valence-corrected chi connectivity index (χ3v) is 4.10. The molecule has 5 heteroatoms. The van der Waals surface area contributed by atoms with Crippen LogP contribution in [0.1, 0.15) is 36.5 Å². The minimum atomic E-state index is -0.851. The molecule has 0 spiro atoms. The van der Waals surface area contributed by atoms with Gasteiger partial charge in [0.05, 0.1) is 6.61 Å². The molecule has 2 aromatic carbocycles. The summed E-state index contributed by atoms with van der Waals surface area (Å²) in [4.78, 5) is 24.1. The predicted octanol–water partition coefficient (Wildman–Crippen LogP) is 4.34. The maximum atomic E-state index is 12.2. The van der Waals surface area contributed by atoms with Crippen molar-refractivity contribution in [2.75, 3.05) is 11.9 Å². The first-order chi connectivity index (χ1) is 12.8. The van der Waals surface area contributed by atoms with Crippen LogP contribution in [0.4, 0.5) is 5.69 Å². The molecule has 0 saturated carbocycles. The number of esters is 1. The quantitative estimate of drug-likeness (QED) is 0.555. The van der Waals surface area contributed by atoms with Crippen LogP contribution < -0.4 is 10.1 Å². The fourth-order valence-electron chi connectivity index (χ4n) is 2.61. The fourth-order valence-corrected chi connectivity index (χ4v) is 2.61. The normalized spacial score (nSPS) is 11.6. The standard InChI is InChI=1S/C22H27NO4/c1-15-7-5-8-19(14-15)26-12-6-9-21(24)27-18(4)22(25)23-20-11-10-16(2)13-17(20)3/h5,7-8,10-11,13-14,18H,6,9,12H2,1-4H3,(H,23,25)/t18-/m0/s1. The number of aryl methyl sites for hydroxylation is 3. The number of carbonyl (C=O) groups excluding carboxylic acids is 2. The minimum absolute atomic E-state index is 0.201. The smallest absolute Gasteiger partial charge is 0.306 e. The Morgan fingerprint density at radius 3 is 2.48 bits per heavy atom. The first-order valence-electron chi connectivity index (χ1n) is 9.12. The molecule has 2 aromatic rings. The van der Waals surface area contributed by atoms with Crippen molar-refractivity contribution in [1.29, 1.82) is 0 Å². The van der Waals surface area contributed by atoms with Gasteiger partial charge in [0.15, 0.2) is 6.10 Å². The van der Waals surface area contributed by atoms with Crippen LogP contribution in [0.25, 0.3) is 0 Å². The van der Waals surface area contributed by atoms with Crippen LogP contribution in [0.5, 0.6) is 5.75 Å². The first kappa shape index (κ1) is 20.5. The lowest BCUT2D eigenvalue weighted by molar-refractivity contribution is -0.153. The lowest BCUT2D eigenvalue weighted by atomic mass is 10.1. The Kier molecular flexibility index (Phi) is 7.41. The SMILES string of the molecule is Cc1cccc(OCCCC(=O)O[C@@H](C)C(=O)Nc2ccc(C)cc2C)c1. The molecule has 27 heavy (non-hydrogen) atoms. The molecule has 0 heterocycles. The van der Waals surface area contributed by atoms with Crippen LogP contribution in [0.3, 0.4) is 0 Å². The second-order valence-electron chi connectivity index (χ2n) is 6.71. The first-order valence-corrected chi connectivity index (χ1v) is 9.12. The summed E-state index contributed by atoms with van der Waals surface area (Å²) in [6, 6.07) is 13.5. The minimum Gasteiger partial charge on any atom is -0.494 e. The van der Waals surface area contributed by atoms with E-state index in [1.54, 1.807) is 6.92 Å². The van der Waals surface area contributed by atoms with Crippen molar-refractivity contribution in [3.8, 4) is 5.75 Å². The van der Waals surface area contributed by atoms with Crippen molar-refractivity contribution in [2.45, 2.75) is 46.6 Å². The van der Waals surface area contributed by atoms with Crippen LogP contribution >= 0.6 is 0 Å². The number of benzene rings is 2. The van der Waals surface area contributed by atoms with Gasteiger partial charge >= 0.3 is 5.97 Å². The Bertz CT molecular complexity index is 801. The number of hydrogen-bond donors (Lipinski definition) is 1. The van der Waals surface area contributed by atoms with Gasteiger partial charge in [-0.25, -0.2) is 0 Å². The van der Waals surface area contributed by atoms with E-state index in [9.17, 15) is 9.59 Å². The summed E-state index contributed by atoms with van der Waals surface area (Å²) in [5.41, 5.74) is 3.93. The Hall–Kier alpha value is -2.82. The highest BCUT2D eigenvalue weighted by Crippen LogP contribution is 2.17. The van der Waals surface area contributed by atoms with Crippen molar-refractivity contribution < 1.29 is 19.1 Å². The molecule has 0 aliphatic rings. The molecule has 0 radical (unpaired) electrons. The molecule has 1 N–H and O–H groups in total. The summed E-state index contributed by atoms with van der Waals surface area (Å²) < 4.78 is 10.8. The molecule has 0 unspecified atom stereocenters. The van der Waals surface area contributed by atoms with E-state index < -0.39 is 12.1 Å². The second-order valence-corrected chi connectivity index (χ2v) is 6.71. The van der Waals surface area contributed by atoms with Gasteiger partial charge in [-0.2, -0.15) is 0 Å². The molecule has 2 rings (SSSR count). The molecule has 5 nitrogen and oxygen atoms in total. The highest BCUT2D eigenvalue weighted by atomic mass is 16.5. The number of carbonyl (C=O) groups is 2. The van der Waals surface area contributed by atoms with Gasteiger partial charge in [0.2, 0.25) is 0 Å². The van der Waals surface area contributed by atoms with Crippen molar-refractivity contribution in [1.82, 2.24) is 0 Å². The van der Waals surface area contributed by atoms with Crippen LogP contribution in [0, 0.1) is 20.8 Å². The Balaban J connectivity index is 1.71. The molecular formula is C22H27NO4. The Morgan fingerprint density at radius 1 is 1.04 bits per heavy atom. The molecule has 0 bridgehead atoms. The maximum absolute atomic E-state index is 12.2. The monoisotopic (exact) mass is 369 g/mol. The molecule has 0 fully saturated rings. The lowest BCUT2D eigenvalue weighted by Gasteiger charge is -2.15. The summed E-state index contributed by atoms with van der Waals surface area (Å²) in [6.07, 6.45) is -0.124. The number of amides is 1. The van der Waals surface area contributed by atoms with Crippen LogP contribution in [-0.4, -0.2) is 24.6 Å². The van der Waals surface area contributed by atoms with Crippen molar-refractivity contribution in [2.24, 2.45) is 0 Å².